The highest BCUT2D eigenvalue weighted by Gasteiger charge is 2.25. The zero-order valence-corrected chi connectivity index (χ0v) is 15.5. The first-order chi connectivity index (χ1) is 12.7. The van der Waals surface area contributed by atoms with Gasteiger partial charge < -0.3 is 9.64 Å². The minimum atomic E-state index is -0.590. The van der Waals surface area contributed by atoms with Crippen LogP contribution in [0.3, 0.4) is 0 Å². The van der Waals surface area contributed by atoms with Crippen LogP contribution in [0, 0.1) is 11.6 Å². The molecule has 1 aromatic heterocycles. The van der Waals surface area contributed by atoms with Gasteiger partial charge in [0.15, 0.2) is 5.82 Å². The van der Waals surface area contributed by atoms with Crippen LogP contribution in [-0.4, -0.2) is 39.7 Å². The van der Waals surface area contributed by atoms with Gasteiger partial charge in [-0.05, 0) is 51.0 Å². The van der Waals surface area contributed by atoms with Crippen LogP contribution in [0.15, 0.2) is 36.7 Å². The van der Waals surface area contributed by atoms with Crippen LogP contribution < -0.4 is 0 Å². The molecule has 142 valence electrons. The molecule has 0 saturated carbocycles. The Morgan fingerprint density at radius 3 is 2.33 bits per heavy atom. The summed E-state index contributed by atoms with van der Waals surface area (Å²) >= 11 is 0. The quantitative estimate of drug-likeness (QED) is 0.781. The molecule has 0 aliphatic carbocycles. The zero-order chi connectivity index (χ0) is 19.6. The van der Waals surface area contributed by atoms with Gasteiger partial charge in [-0.2, -0.15) is 0 Å². The van der Waals surface area contributed by atoms with Crippen molar-refractivity contribution in [3.8, 4) is 11.4 Å². The van der Waals surface area contributed by atoms with Crippen molar-refractivity contribution in [3.05, 3.63) is 53.9 Å². The molecule has 5 nitrogen and oxygen atoms in total. The Balaban J connectivity index is 1.80. The minimum Gasteiger partial charge on any atom is -0.444 e. The Morgan fingerprint density at radius 1 is 1.11 bits per heavy atom. The van der Waals surface area contributed by atoms with Crippen molar-refractivity contribution in [2.45, 2.75) is 32.8 Å². The van der Waals surface area contributed by atoms with Gasteiger partial charge in [0.2, 0.25) is 0 Å². The van der Waals surface area contributed by atoms with E-state index < -0.39 is 23.3 Å². The van der Waals surface area contributed by atoms with Crippen molar-refractivity contribution in [1.82, 2.24) is 14.9 Å². The van der Waals surface area contributed by atoms with Gasteiger partial charge in [0.05, 0.1) is 5.56 Å². The second kappa shape index (κ2) is 7.42. The van der Waals surface area contributed by atoms with Gasteiger partial charge in [0.1, 0.15) is 17.2 Å². The van der Waals surface area contributed by atoms with Gasteiger partial charge >= 0.3 is 6.09 Å². The molecule has 0 spiro atoms. The van der Waals surface area contributed by atoms with E-state index in [2.05, 4.69) is 9.97 Å². The topological polar surface area (TPSA) is 55.3 Å². The summed E-state index contributed by atoms with van der Waals surface area (Å²) in [6, 6.07) is 3.88. The maximum Gasteiger partial charge on any atom is 0.410 e. The van der Waals surface area contributed by atoms with Crippen LogP contribution in [0.25, 0.3) is 17.0 Å². The first kappa shape index (κ1) is 18.9. The smallest absolute Gasteiger partial charge is 0.410 e. The highest BCUT2D eigenvalue weighted by Crippen LogP contribution is 2.30. The Morgan fingerprint density at radius 2 is 1.74 bits per heavy atom. The van der Waals surface area contributed by atoms with Crippen LogP contribution in [0.4, 0.5) is 13.6 Å². The number of nitrogens with zero attached hydrogens (tertiary/aromatic N) is 3. The summed E-state index contributed by atoms with van der Waals surface area (Å²) < 4.78 is 34.4. The van der Waals surface area contributed by atoms with E-state index in [1.165, 1.54) is 17.3 Å². The Labute approximate surface area is 156 Å². The molecule has 0 bridgehead atoms. The lowest BCUT2D eigenvalue weighted by molar-refractivity contribution is 0.0270. The monoisotopic (exact) mass is 373 g/mol. The SMILES string of the molecule is CC(C)(C)OC(=O)N1CC=C(c2cc(F)c(-c3ncccn3)cc2F)CC1. The van der Waals surface area contributed by atoms with Crippen LogP contribution >= 0.6 is 0 Å². The summed E-state index contributed by atoms with van der Waals surface area (Å²) in [5.41, 5.74) is 0.289. The molecule has 1 aromatic carbocycles. The van der Waals surface area contributed by atoms with Crippen molar-refractivity contribution >= 4 is 11.7 Å². The summed E-state index contributed by atoms with van der Waals surface area (Å²) in [6.45, 7) is 6.06. The number of benzene rings is 1. The van der Waals surface area contributed by atoms with Gasteiger partial charge in [0, 0.05) is 31.0 Å². The van der Waals surface area contributed by atoms with E-state index in [-0.39, 0.29) is 23.5 Å². The standard InChI is InChI=1S/C20H21F2N3O2/c1-20(2,3)27-19(26)25-9-5-13(6-10-25)14-11-17(22)15(12-16(14)21)18-23-7-4-8-24-18/h4-5,7-8,11-12H,6,9-10H2,1-3H3. The van der Waals surface area contributed by atoms with Crippen molar-refractivity contribution in [3.63, 3.8) is 0 Å². The molecule has 0 N–H and O–H groups in total. The van der Waals surface area contributed by atoms with Crippen LogP contribution in [0.2, 0.25) is 0 Å². The number of hydrogen-bond donors (Lipinski definition) is 0. The maximum atomic E-state index is 14.6. The van der Waals surface area contributed by atoms with Gasteiger partial charge in [-0.1, -0.05) is 6.08 Å². The van der Waals surface area contributed by atoms with Crippen molar-refractivity contribution in [2.75, 3.05) is 13.1 Å². The molecular weight excluding hydrogens is 352 g/mol. The van der Waals surface area contributed by atoms with E-state index in [9.17, 15) is 13.6 Å². The van der Waals surface area contributed by atoms with E-state index in [1.54, 1.807) is 32.9 Å². The molecule has 2 aromatic rings. The van der Waals surface area contributed by atoms with Gasteiger partial charge in [-0.25, -0.2) is 23.5 Å². The number of aromatic nitrogens is 2. The molecule has 27 heavy (non-hydrogen) atoms. The number of carbonyl (C=O) groups excluding carboxylic acids is 1. The molecular formula is C20H21F2N3O2. The van der Waals surface area contributed by atoms with Gasteiger partial charge in [0.25, 0.3) is 0 Å². The molecule has 0 unspecified atom stereocenters. The van der Waals surface area contributed by atoms with Crippen molar-refractivity contribution in [1.29, 1.82) is 0 Å². The number of rotatable bonds is 2. The lowest BCUT2D eigenvalue weighted by Crippen LogP contribution is -2.39. The zero-order valence-electron chi connectivity index (χ0n) is 15.5. The van der Waals surface area contributed by atoms with Gasteiger partial charge in [-0.15, -0.1) is 0 Å². The lowest BCUT2D eigenvalue weighted by atomic mass is 9.97. The Bertz CT molecular complexity index is 877. The molecule has 0 radical (unpaired) electrons. The second-order valence-electron chi connectivity index (χ2n) is 7.29. The highest BCUT2D eigenvalue weighted by molar-refractivity contribution is 5.74. The average molecular weight is 373 g/mol. The maximum absolute atomic E-state index is 14.6. The van der Waals surface area contributed by atoms with E-state index in [0.717, 1.165) is 12.1 Å². The molecule has 3 rings (SSSR count). The molecule has 2 heterocycles. The number of halogens is 2. The third-order valence-corrected chi connectivity index (χ3v) is 4.07. The Hall–Kier alpha value is -2.83. The number of ether oxygens (including phenoxy) is 1. The number of carbonyl (C=O) groups is 1. The predicted molar refractivity (Wildman–Crippen MR) is 97.8 cm³/mol. The number of amides is 1. The predicted octanol–water partition coefficient (Wildman–Crippen LogP) is 4.45. The number of hydrogen-bond acceptors (Lipinski definition) is 4. The largest absolute Gasteiger partial charge is 0.444 e. The second-order valence-corrected chi connectivity index (χ2v) is 7.29. The fraction of sp³-hybridized carbons (Fsp3) is 0.350. The summed E-state index contributed by atoms with van der Waals surface area (Å²) in [7, 11) is 0. The molecule has 7 heteroatoms. The van der Waals surface area contributed by atoms with Crippen molar-refractivity contribution < 1.29 is 18.3 Å². The molecule has 1 amide bonds. The average Bonchev–Trinajstić information content (AvgIpc) is 2.63. The summed E-state index contributed by atoms with van der Waals surface area (Å²) in [6.07, 6.45) is 4.67. The van der Waals surface area contributed by atoms with Crippen molar-refractivity contribution in [2.24, 2.45) is 0 Å². The molecule has 1 aliphatic heterocycles. The van der Waals surface area contributed by atoms with E-state index >= 15 is 0 Å². The molecule has 1 aliphatic rings. The molecule has 0 fully saturated rings. The third kappa shape index (κ3) is 4.48. The van der Waals surface area contributed by atoms with Gasteiger partial charge in [-0.3, -0.25) is 0 Å². The van der Waals surface area contributed by atoms with Crippen LogP contribution in [-0.2, 0) is 4.74 Å². The molecule has 0 saturated heterocycles. The molecule has 0 atom stereocenters. The fourth-order valence-electron chi connectivity index (χ4n) is 2.81. The minimum absolute atomic E-state index is 0.0173. The van der Waals surface area contributed by atoms with Crippen LogP contribution in [0.5, 0.6) is 0 Å². The van der Waals surface area contributed by atoms with Crippen LogP contribution in [0.1, 0.15) is 32.8 Å². The fourth-order valence-corrected chi connectivity index (χ4v) is 2.81. The van der Waals surface area contributed by atoms with E-state index in [1.807, 2.05) is 0 Å². The Kier molecular flexibility index (Phi) is 5.21. The van der Waals surface area contributed by atoms with E-state index in [4.69, 9.17) is 4.74 Å². The summed E-state index contributed by atoms with van der Waals surface area (Å²) in [4.78, 5) is 21.6. The summed E-state index contributed by atoms with van der Waals surface area (Å²) in [5.74, 6) is -1.00. The highest BCUT2D eigenvalue weighted by atomic mass is 19.1. The normalized spacial score (nSPS) is 14.7. The summed E-state index contributed by atoms with van der Waals surface area (Å²) in [5, 5.41) is 0. The lowest BCUT2D eigenvalue weighted by Gasteiger charge is -2.29. The third-order valence-electron chi connectivity index (χ3n) is 4.07. The van der Waals surface area contributed by atoms with E-state index in [0.29, 0.717) is 18.5 Å². The first-order valence-corrected chi connectivity index (χ1v) is 8.68. The first-order valence-electron chi connectivity index (χ1n) is 8.68.